The van der Waals surface area contributed by atoms with Crippen molar-refractivity contribution in [3.05, 3.63) is 188 Å². The van der Waals surface area contributed by atoms with E-state index < -0.39 is 0 Å². The molecule has 3 aromatic heterocycles. The number of aromatic nitrogens is 2. The quantitative estimate of drug-likeness (QED) is 0.176. The van der Waals surface area contributed by atoms with Crippen molar-refractivity contribution < 1.29 is 0 Å². The predicted octanol–water partition coefficient (Wildman–Crippen LogP) is 13.4. The number of rotatable bonds is 6. The van der Waals surface area contributed by atoms with Crippen molar-refractivity contribution in [2.75, 3.05) is 4.90 Å². The predicted molar refractivity (Wildman–Crippen MR) is 217 cm³/mol. The summed E-state index contributed by atoms with van der Waals surface area (Å²) in [4.78, 5) is 6.84. The highest BCUT2D eigenvalue weighted by molar-refractivity contribution is 7.25. The Kier molecular flexibility index (Phi) is 7.00. The van der Waals surface area contributed by atoms with E-state index in [1.165, 1.54) is 64.2 Å². The van der Waals surface area contributed by atoms with Gasteiger partial charge in [0.05, 0.1) is 15.7 Å². The van der Waals surface area contributed by atoms with E-state index >= 15 is 0 Å². The van der Waals surface area contributed by atoms with Gasteiger partial charge < -0.3 is 9.47 Å². The number of para-hydroxylation sites is 2. The van der Waals surface area contributed by atoms with Crippen LogP contribution in [0.5, 0.6) is 0 Å². The fraction of sp³-hybridized carbons (Fsp3) is 0. The summed E-state index contributed by atoms with van der Waals surface area (Å²) in [5.74, 6) is 0. The van der Waals surface area contributed by atoms with E-state index in [9.17, 15) is 0 Å². The zero-order chi connectivity index (χ0) is 33.7. The molecule has 0 amide bonds. The van der Waals surface area contributed by atoms with E-state index in [1.807, 2.05) is 12.4 Å². The molecule has 0 spiro atoms. The maximum absolute atomic E-state index is 4.41. The Morgan fingerprint density at radius 1 is 0.412 bits per heavy atom. The minimum Gasteiger partial charge on any atom is -0.310 e. The van der Waals surface area contributed by atoms with Gasteiger partial charge >= 0.3 is 0 Å². The van der Waals surface area contributed by atoms with Crippen molar-refractivity contribution in [2.24, 2.45) is 0 Å². The third kappa shape index (κ3) is 5.08. The average Bonchev–Trinajstić information content (AvgIpc) is 3.74. The summed E-state index contributed by atoms with van der Waals surface area (Å²) in [5.41, 5.74) is 11.5. The Bertz CT molecular complexity index is 2800. The molecule has 4 heteroatoms. The van der Waals surface area contributed by atoms with Gasteiger partial charge in [-0.1, -0.05) is 97.1 Å². The summed E-state index contributed by atoms with van der Waals surface area (Å²) in [6.45, 7) is 0. The molecule has 3 heterocycles. The van der Waals surface area contributed by atoms with Crippen LogP contribution in [0.4, 0.5) is 17.1 Å². The fourth-order valence-electron chi connectivity index (χ4n) is 7.50. The van der Waals surface area contributed by atoms with Gasteiger partial charge in [0.2, 0.25) is 0 Å². The molecule has 0 aliphatic heterocycles. The normalized spacial score (nSPS) is 11.5. The van der Waals surface area contributed by atoms with Gasteiger partial charge in [0.25, 0.3) is 0 Å². The zero-order valence-electron chi connectivity index (χ0n) is 27.6. The van der Waals surface area contributed by atoms with E-state index in [1.54, 1.807) is 11.3 Å². The van der Waals surface area contributed by atoms with Crippen LogP contribution in [0.15, 0.2) is 188 Å². The minimum absolute atomic E-state index is 1.10. The lowest BCUT2D eigenvalue weighted by Crippen LogP contribution is -2.10. The molecule has 0 aliphatic carbocycles. The van der Waals surface area contributed by atoms with Crippen molar-refractivity contribution in [3.63, 3.8) is 0 Å². The highest BCUT2D eigenvalue weighted by atomic mass is 32.1. The first-order valence-electron chi connectivity index (χ1n) is 17.2. The smallest absolute Gasteiger partial charge is 0.0542 e. The maximum atomic E-state index is 4.41. The summed E-state index contributed by atoms with van der Waals surface area (Å²) in [5, 5.41) is 4.92. The average molecular weight is 670 g/mol. The van der Waals surface area contributed by atoms with E-state index in [0.29, 0.717) is 0 Å². The fourth-order valence-corrected chi connectivity index (χ4v) is 8.55. The Balaban J connectivity index is 1.26. The number of benzene rings is 7. The van der Waals surface area contributed by atoms with Gasteiger partial charge in [-0.25, -0.2) is 0 Å². The molecule has 0 radical (unpaired) electrons. The van der Waals surface area contributed by atoms with Crippen molar-refractivity contribution >= 4 is 70.4 Å². The van der Waals surface area contributed by atoms with Crippen LogP contribution in [0.2, 0.25) is 0 Å². The Hall–Kier alpha value is -6.49. The maximum Gasteiger partial charge on any atom is 0.0542 e. The summed E-state index contributed by atoms with van der Waals surface area (Å²) >= 11 is 1.79. The van der Waals surface area contributed by atoms with Crippen LogP contribution in [0.3, 0.4) is 0 Å². The number of fused-ring (bicyclic) bond motifs is 6. The number of pyridine rings is 1. The molecule has 3 nitrogen and oxygen atoms in total. The number of hydrogen-bond acceptors (Lipinski definition) is 3. The first-order chi connectivity index (χ1) is 25.3. The van der Waals surface area contributed by atoms with Gasteiger partial charge in [0.1, 0.15) is 0 Å². The molecule has 0 saturated heterocycles. The molecule has 10 rings (SSSR count). The van der Waals surface area contributed by atoms with Crippen LogP contribution in [0, 0.1) is 0 Å². The van der Waals surface area contributed by atoms with Crippen LogP contribution in [0.25, 0.3) is 69.9 Å². The van der Waals surface area contributed by atoms with Gasteiger partial charge in [0.15, 0.2) is 0 Å². The van der Waals surface area contributed by atoms with E-state index in [-0.39, 0.29) is 0 Å². The summed E-state index contributed by atoms with van der Waals surface area (Å²) in [6.07, 6.45) is 3.87. The van der Waals surface area contributed by atoms with Gasteiger partial charge in [-0.2, -0.15) is 0 Å². The number of nitrogens with zero attached hydrogens (tertiary/aromatic N) is 3. The highest BCUT2D eigenvalue weighted by Crippen LogP contribution is 2.44. The van der Waals surface area contributed by atoms with Crippen LogP contribution in [-0.2, 0) is 0 Å². The van der Waals surface area contributed by atoms with Crippen molar-refractivity contribution in [1.82, 2.24) is 9.55 Å². The first kappa shape index (κ1) is 29.4. The van der Waals surface area contributed by atoms with Crippen LogP contribution < -0.4 is 4.90 Å². The molecular weight excluding hydrogens is 639 g/mol. The molecule has 0 saturated carbocycles. The molecule has 0 N–H and O–H groups in total. The monoisotopic (exact) mass is 669 g/mol. The van der Waals surface area contributed by atoms with Crippen molar-refractivity contribution in [3.8, 4) is 27.9 Å². The lowest BCUT2D eigenvalue weighted by Gasteiger charge is -2.27. The molecule has 51 heavy (non-hydrogen) atoms. The van der Waals surface area contributed by atoms with E-state index in [4.69, 9.17) is 0 Å². The molecule has 240 valence electrons. The SMILES string of the molecule is c1ccc(-c2cc(-c3ccccc3)cc(N(c3ccc4sc5cnccc5c4c3)c3ccc4c(c3)c3ccccc3n4-c3ccccc3)c2)cc1. The van der Waals surface area contributed by atoms with Crippen LogP contribution in [0.1, 0.15) is 0 Å². The van der Waals surface area contributed by atoms with Crippen molar-refractivity contribution in [1.29, 1.82) is 0 Å². The third-order valence-corrected chi connectivity index (χ3v) is 11.0. The molecular formula is C47H31N3S. The van der Waals surface area contributed by atoms with Crippen molar-refractivity contribution in [2.45, 2.75) is 0 Å². The van der Waals surface area contributed by atoms with Gasteiger partial charge in [-0.05, 0) is 101 Å². The highest BCUT2D eigenvalue weighted by Gasteiger charge is 2.20. The molecule has 10 aromatic rings. The summed E-state index contributed by atoms with van der Waals surface area (Å²) in [6, 6.07) is 63.7. The topological polar surface area (TPSA) is 21.1 Å². The Morgan fingerprint density at radius 2 is 1.02 bits per heavy atom. The van der Waals surface area contributed by atoms with E-state index in [2.05, 4.69) is 190 Å². The second-order valence-corrected chi connectivity index (χ2v) is 14.0. The number of thiophene rings is 1. The molecule has 0 bridgehead atoms. The molecule has 0 unspecified atom stereocenters. The van der Waals surface area contributed by atoms with Gasteiger partial charge in [-0.15, -0.1) is 11.3 Å². The van der Waals surface area contributed by atoms with Gasteiger partial charge in [0, 0.05) is 61.4 Å². The zero-order valence-corrected chi connectivity index (χ0v) is 28.5. The Labute approximate surface area is 299 Å². The van der Waals surface area contributed by atoms with E-state index in [0.717, 1.165) is 22.7 Å². The Morgan fingerprint density at radius 3 is 1.75 bits per heavy atom. The number of anilines is 3. The first-order valence-corrected chi connectivity index (χ1v) is 18.0. The third-order valence-electron chi connectivity index (χ3n) is 9.83. The standard InChI is InChI=1S/C47H31N3S/c1-4-12-32(13-5-1)34-26-35(33-14-6-2-7-15-33)28-39(27-34)49(38-21-23-46-43(30-38)41-24-25-48-31-47(41)51-46)37-20-22-45-42(29-37)40-18-10-11-19-44(40)50(45)36-16-8-3-9-17-36/h1-31H. The minimum atomic E-state index is 1.10. The van der Waals surface area contributed by atoms with Gasteiger partial charge in [-0.3, -0.25) is 4.98 Å². The molecule has 7 aromatic carbocycles. The lowest BCUT2D eigenvalue weighted by molar-refractivity contribution is 1.18. The van der Waals surface area contributed by atoms with Crippen LogP contribution >= 0.6 is 11.3 Å². The molecule has 0 aliphatic rings. The number of hydrogen-bond donors (Lipinski definition) is 0. The second-order valence-electron chi connectivity index (χ2n) is 12.9. The molecule has 0 fully saturated rings. The lowest BCUT2D eigenvalue weighted by atomic mass is 9.97. The second kappa shape index (κ2) is 12.1. The summed E-state index contributed by atoms with van der Waals surface area (Å²) in [7, 11) is 0. The summed E-state index contributed by atoms with van der Waals surface area (Å²) < 4.78 is 4.83. The molecule has 0 atom stereocenters. The largest absolute Gasteiger partial charge is 0.310 e. The van der Waals surface area contributed by atoms with Crippen LogP contribution in [-0.4, -0.2) is 9.55 Å².